The Morgan fingerprint density at radius 1 is 1.46 bits per heavy atom. The number of nitrogen functional groups attached to an aromatic ring is 1. The molecule has 1 aromatic heterocycles. The molecule has 3 N–H and O–H groups in total. The smallest absolute Gasteiger partial charge is 0.163 e. The van der Waals surface area contributed by atoms with Crippen LogP contribution in [0, 0.1) is 6.92 Å². The molecule has 1 aliphatic heterocycles. The molecule has 0 saturated carbocycles. The average molecular weight is 198 g/mol. The molecule has 0 spiro atoms. The standard InChI is InChI=1S/C8H14N4S/c1-6-11-8(7(9)13-6)12-4-2-10-3-5-12/h10H,2-5,9H2,1H3. The number of thiazole rings is 1. The van der Waals surface area contributed by atoms with Gasteiger partial charge in [-0.25, -0.2) is 4.98 Å². The minimum atomic E-state index is 0.847. The van der Waals surface area contributed by atoms with Crippen LogP contribution in [0.15, 0.2) is 0 Å². The fraction of sp³-hybridized carbons (Fsp3) is 0.625. The summed E-state index contributed by atoms with van der Waals surface area (Å²) in [6.07, 6.45) is 0. The topological polar surface area (TPSA) is 54.2 Å². The maximum atomic E-state index is 5.87. The van der Waals surface area contributed by atoms with Crippen molar-refractivity contribution >= 4 is 22.2 Å². The van der Waals surface area contributed by atoms with Gasteiger partial charge in [0.15, 0.2) is 5.82 Å². The summed E-state index contributed by atoms with van der Waals surface area (Å²) in [6.45, 7) is 6.06. The van der Waals surface area contributed by atoms with Crippen LogP contribution in [0.4, 0.5) is 10.8 Å². The van der Waals surface area contributed by atoms with Crippen molar-refractivity contribution in [2.24, 2.45) is 0 Å². The normalized spacial score (nSPS) is 17.8. The zero-order chi connectivity index (χ0) is 9.26. The molecule has 0 aliphatic carbocycles. The molecule has 0 unspecified atom stereocenters. The molecule has 2 rings (SSSR count). The lowest BCUT2D eigenvalue weighted by Gasteiger charge is -2.27. The Hall–Kier alpha value is -0.810. The van der Waals surface area contributed by atoms with Gasteiger partial charge < -0.3 is 16.0 Å². The van der Waals surface area contributed by atoms with Gasteiger partial charge in [-0.15, -0.1) is 0 Å². The summed E-state index contributed by atoms with van der Waals surface area (Å²) in [5.74, 6) is 0.976. The zero-order valence-corrected chi connectivity index (χ0v) is 8.52. The first-order valence-corrected chi connectivity index (χ1v) is 5.27. The average Bonchev–Trinajstić information content (AvgIpc) is 2.47. The Morgan fingerprint density at radius 2 is 2.15 bits per heavy atom. The SMILES string of the molecule is Cc1nc(N2CCNCC2)c(N)s1. The van der Waals surface area contributed by atoms with E-state index in [-0.39, 0.29) is 0 Å². The van der Waals surface area contributed by atoms with E-state index in [4.69, 9.17) is 5.73 Å². The zero-order valence-electron chi connectivity index (χ0n) is 7.71. The summed E-state index contributed by atoms with van der Waals surface area (Å²) in [6, 6.07) is 0. The lowest BCUT2D eigenvalue weighted by atomic mass is 10.4. The molecule has 1 fully saturated rings. The monoisotopic (exact) mass is 198 g/mol. The van der Waals surface area contributed by atoms with Crippen molar-refractivity contribution in [3.05, 3.63) is 5.01 Å². The van der Waals surface area contributed by atoms with Crippen molar-refractivity contribution in [2.45, 2.75) is 6.92 Å². The van der Waals surface area contributed by atoms with Gasteiger partial charge in [-0.1, -0.05) is 11.3 Å². The van der Waals surface area contributed by atoms with Crippen LogP contribution in [0.1, 0.15) is 5.01 Å². The quantitative estimate of drug-likeness (QED) is 0.687. The highest BCUT2D eigenvalue weighted by Crippen LogP contribution is 2.28. The Morgan fingerprint density at radius 3 is 2.69 bits per heavy atom. The highest BCUT2D eigenvalue weighted by molar-refractivity contribution is 7.16. The third kappa shape index (κ3) is 1.76. The largest absolute Gasteiger partial charge is 0.387 e. The third-order valence-corrected chi connectivity index (χ3v) is 2.95. The van der Waals surface area contributed by atoms with Crippen LogP contribution in [0.3, 0.4) is 0 Å². The fourth-order valence-electron chi connectivity index (χ4n) is 1.54. The first-order valence-electron chi connectivity index (χ1n) is 4.46. The molecule has 0 radical (unpaired) electrons. The van der Waals surface area contributed by atoms with Gasteiger partial charge in [-0.2, -0.15) is 0 Å². The molecule has 2 heterocycles. The van der Waals surface area contributed by atoms with Crippen molar-refractivity contribution in [1.29, 1.82) is 0 Å². The van der Waals surface area contributed by atoms with Gasteiger partial charge in [0, 0.05) is 26.2 Å². The van der Waals surface area contributed by atoms with Gasteiger partial charge in [0.05, 0.1) is 5.01 Å². The van der Waals surface area contributed by atoms with Crippen molar-refractivity contribution in [3.63, 3.8) is 0 Å². The van der Waals surface area contributed by atoms with Crippen LogP contribution < -0.4 is 16.0 Å². The number of anilines is 2. The van der Waals surface area contributed by atoms with Crippen molar-refractivity contribution < 1.29 is 0 Å². The first-order chi connectivity index (χ1) is 6.27. The number of nitrogens with one attached hydrogen (secondary N) is 1. The van der Waals surface area contributed by atoms with Gasteiger partial charge >= 0.3 is 0 Å². The van der Waals surface area contributed by atoms with E-state index in [9.17, 15) is 0 Å². The Kier molecular flexibility index (Phi) is 2.37. The lowest BCUT2D eigenvalue weighted by molar-refractivity contribution is 0.586. The van der Waals surface area contributed by atoms with E-state index in [2.05, 4.69) is 15.2 Å². The van der Waals surface area contributed by atoms with Crippen LogP contribution in [0.2, 0.25) is 0 Å². The molecule has 5 heteroatoms. The minimum absolute atomic E-state index is 0.847. The molecular formula is C8H14N4S. The van der Waals surface area contributed by atoms with E-state index in [0.717, 1.165) is 42.0 Å². The summed E-state index contributed by atoms with van der Waals surface area (Å²) < 4.78 is 0. The second-order valence-electron chi connectivity index (χ2n) is 3.16. The summed E-state index contributed by atoms with van der Waals surface area (Å²) in [5, 5.41) is 5.20. The van der Waals surface area contributed by atoms with E-state index >= 15 is 0 Å². The lowest BCUT2D eigenvalue weighted by Crippen LogP contribution is -2.43. The van der Waals surface area contributed by atoms with Gasteiger partial charge in [0.2, 0.25) is 0 Å². The molecule has 0 bridgehead atoms. The highest BCUT2D eigenvalue weighted by atomic mass is 32.1. The number of nitrogens with two attached hydrogens (primary N) is 1. The number of hydrogen-bond acceptors (Lipinski definition) is 5. The number of aromatic nitrogens is 1. The molecule has 72 valence electrons. The third-order valence-electron chi connectivity index (χ3n) is 2.16. The molecule has 1 saturated heterocycles. The van der Waals surface area contributed by atoms with E-state index in [1.54, 1.807) is 11.3 Å². The van der Waals surface area contributed by atoms with Gasteiger partial charge in [0.25, 0.3) is 0 Å². The van der Waals surface area contributed by atoms with E-state index < -0.39 is 0 Å². The van der Waals surface area contributed by atoms with Gasteiger partial charge in [0.1, 0.15) is 5.00 Å². The molecule has 13 heavy (non-hydrogen) atoms. The highest BCUT2D eigenvalue weighted by Gasteiger charge is 2.16. The number of aryl methyl sites for hydroxylation is 1. The Bertz CT molecular complexity index is 290. The molecule has 1 aromatic rings. The molecule has 0 amide bonds. The number of nitrogens with zero attached hydrogens (tertiary/aromatic N) is 2. The van der Waals surface area contributed by atoms with E-state index in [0.29, 0.717) is 0 Å². The van der Waals surface area contributed by atoms with Crippen LogP contribution in [0.25, 0.3) is 0 Å². The minimum Gasteiger partial charge on any atom is -0.387 e. The van der Waals surface area contributed by atoms with Gasteiger partial charge in [-0.05, 0) is 6.92 Å². The van der Waals surface area contributed by atoms with Crippen LogP contribution in [0.5, 0.6) is 0 Å². The van der Waals surface area contributed by atoms with Crippen molar-refractivity contribution in [2.75, 3.05) is 36.8 Å². The fourth-order valence-corrected chi connectivity index (χ4v) is 2.25. The maximum absolute atomic E-state index is 5.87. The van der Waals surface area contributed by atoms with Crippen LogP contribution in [-0.2, 0) is 0 Å². The summed E-state index contributed by atoms with van der Waals surface area (Å²) >= 11 is 1.57. The summed E-state index contributed by atoms with van der Waals surface area (Å²) in [5.41, 5.74) is 5.87. The van der Waals surface area contributed by atoms with Crippen LogP contribution >= 0.6 is 11.3 Å². The number of rotatable bonds is 1. The van der Waals surface area contributed by atoms with Crippen molar-refractivity contribution in [1.82, 2.24) is 10.3 Å². The molecule has 0 atom stereocenters. The molecule has 0 aromatic carbocycles. The Balaban J connectivity index is 2.18. The number of hydrogen-bond donors (Lipinski definition) is 2. The van der Waals surface area contributed by atoms with Crippen LogP contribution in [-0.4, -0.2) is 31.2 Å². The second-order valence-corrected chi connectivity index (χ2v) is 4.39. The van der Waals surface area contributed by atoms with E-state index in [1.165, 1.54) is 0 Å². The summed E-state index contributed by atoms with van der Waals surface area (Å²) in [7, 11) is 0. The number of piperazine rings is 1. The maximum Gasteiger partial charge on any atom is 0.163 e. The first kappa shape index (κ1) is 8.77. The molecule has 4 nitrogen and oxygen atoms in total. The second kappa shape index (κ2) is 3.51. The molecule has 1 aliphatic rings. The molecular weight excluding hydrogens is 184 g/mol. The predicted molar refractivity (Wildman–Crippen MR) is 56.3 cm³/mol. The Labute approximate surface area is 81.8 Å². The van der Waals surface area contributed by atoms with E-state index in [1.807, 2.05) is 6.92 Å². The van der Waals surface area contributed by atoms with Gasteiger partial charge in [-0.3, -0.25) is 0 Å². The predicted octanol–water partition coefficient (Wildman–Crippen LogP) is 0.443. The van der Waals surface area contributed by atoms with Crippen molar-refractivity contribution in [3.8, 4) is 0 Å². The summed E-state index contributed by atoms with van der Waals surface area (Å²) in [4.78, 5) is 6.67.